The molecule has 2 rings (SSSR count). The summed E-state index contributed by atoms with van der Waals surface area (Å²) in [5, 5.41) is 12.5. The van der Waals surface area contributed by atoms with Gasteiger partial charge in [0.1, 0.15) is 11.6 Å². The zero-order valence-corrected chi connectivity index (χ0v) is 14.0. The molecule has 0 aromatic heterocycles. The fraction of sp³-hybridized carbons (Fsp3) is 0.444. The second-order valence-corrected chi connectivity index (χ2v) is 6.15. The lowest BCUT2D eigenvalue weighted by Crippen LogP contribution is -2.47. The van der Waals surface area contributed by atoms with Crippen molar-refractivity contribution in [3.8, 4) is 6.07 Å². The van der Waals surface area contributed by atoms with Gasteiger partial charge in [-0.3, -0.25) is 4.79 Å². The first-order chi connectivity index (χ1) is 11.0. The van der Waals surface area contributed by atoms with Crippen molar-refractivity contribution in [3.63, 3.8) is 0 Å². The lowest BCUT2D eigenvalue weighted by molar-refractivity contribution is -0.128. The Kier molecular flexibility index (Phi) is 5.78. The van der Waals surface area contributed by atoms with Crippen LogP contribution in [0.25, 0.3) is 0 Å². The minimum atomic E-state index is -0.199. The smallest absolute Gasteiger partial charge is 0.266 e. The Morgan fingerprint density at radius 1 is 1.26 bits per heavy atom. The van der Waals surface area contributed by atoms with Gasteiger partial charge < -0.3 is 15.1 Å². The van der Waals surface area contributed by atoms with Crippen molar-refractivity contribution in [2.75, 3.05) is 38.5 Å². The molecule has 5 nitrogen and oxygen atoms in total. The van der Waals surface area contributed by atoms with E-state index < -0.39 is 0 Å². The van der Waals surface area contributed by atoms with Gasteiger partial charge in [-0.2, -0.15) is 5.26 Å². The highest BCUT2D eigenvalue weighted by atomic mass is 16.2. The molecule has 0 saturated carbocycles. The summed E-state index contributed by atoms with van der Waals surface area (Å²) in [5.41, 5.74) is 2.24. The van der Waals surface area contributed by atoms with Crippen molar-refractivity contribution in [1.82, 2.24) is 9.80 Å². The zero-order chi connectivity index (χ0) is 16.8. The van der Waals surface area contributed by atoms with E-state index in [1.165, 1.54) is 6.20 Å². The Morgan fingerprint density at radius 2 is 1.91 bits per heavy atom. The third kappa shape index (κ3) is 4.33. The molecule has 0 bridgehead atoms. The van der Waals surface area contributed by atoms with Crippen LogP contribution in [0.1, 0.15) is 25.3 Å². The van der Waals surface area contributed by atoms with Gasteiger partial charge in [0.2, 0.25) is 0 Å². The number of nitrogens with zero attached hydrogens (tertiary/aromatic N) is 3. The molecule has 1 amide bonds. The number of anilines is 1. The van der Waals surface area contributed by atoms with E-state index in [0.717, 1.165) is 24.3 Å². The molecule has 0 spiro atoms. The van der Waals surface area contributed by atoms with Crippen LogP contribution < -0.4 is 5.32 Å². The maximum Gasteiger partial charge on any atom is 0.266 e. The molecule has 1 heterocycles. The summed E-state index contributed by atoms with van der Waals surface area (Å²) in [5.74, 6) is 0.168. The van der Waals surface area contributed by atoms with Gasteiger partial charge in [-0.25, -0.2) is 0 Å². The van der Waals surface area contributed by atoms with Crippen LogP contribution in [0.4, 0.5) is 5.69 Å². The van der Waals surface area contributed by atoms with Crippen LogP contribution in [0.2, 0.25) is 0 Å². The molecule has 1 fully saturated rings. The number of hydrogen-bond acceptors (Lipinski definition) is 4. The average Bonchev–Trinajstić information content (AvgIpc) is 2.56. The van der Waals surface area contributed by atoms with Crippen LogP contribution in [-0.2, 0) is 4.79 Å². The van der Waals surface area contributed by atoms with Gasteiger partial charge in [0, 0.05) is 38.1 Å². The molecule has 0 atom stereocenters. The number of benzene rings is 1. The van der Waals surface area contributed by atoms with E-state index in [1.807, 2.05) is 31.3 Å². The van der Waals surface area contributed by atoms with Crippen LogP contribution in [-0.4, -0.2) is 48.9 Å². The predicted molar refractivity (Wildman–Crippen MR) is 91.9 cm³/mol. The maximum absolute atomic E-state index is 12.5. The topological polar surface area (TPSA) is 59.4 Å². The maximum atomic E-state index is 12.5. The number of amides is 1. The van der Waals surface area contributed by atoms with Crippen LogP contribution in [0.5, 0.6) is 0 Å². The number of piperazine rings is 1. The van der Waals surface area contributed by atoms with Gasteiger partial charge in [-0.05, 0) is 24.6 Å². The lowest BCUT2D eigenvalue weighted by Gasteiger charge is -2.32. The number of nitrogens with one attached hydrogen (secondary N) is 1. The second-order valence-electron chi connectivity index (χ2n) is 6.15. The standard InChI is InChI=1S/C18H24N4O/c1-14(2)16-6-4-5-7-17(16)20-13-15(12-19)18(23)22-10-8-21(3)9-11-22/h4-7,13-14,20H,8-11H2,1-3H3/b15-13-. The molecule has 0 aliphatic carbocycles. The molecule has 122 valence electrons. The van der Waals surface area contributed by atoms with Gasteiger partial charge in [-0.1, -0.05) is 32.0 Å². The van der Waals surface area contributed by atoms with E-state index in [4.69, 9.17) is 0 Å². The first-order valence-corrected chi connectivity index (χ1v) is 7.96. The van der Waals surface area contributed by atoms with E-state index in [9.17, 15) is 10.1 Å². The number of nitriles is 1. The SMILES string of the molecule is CC(C)c1ccccc1N/C=C(/C#N)C(=O)N1CCN(C)CC1. The number of carbonyl (C=O) groups is 1. The van der Waals surface area contributed by atoms with Crippen LogP contribution in [0.15, 0.2) is 36.0 Å². The Labute approximate surface area is 138 Å². The summed E-state index contributed by atoms with van der Waals surface area (Å²) < 4.78 is 0. The molecule has 1 saturated heterocycles. The summed E-state index contributed by atoms with van der Waals surface area (Å²) in [4.78, 5) is 16.4. The minimum Gasteiger partial charge on any atom is -0.360 e. The van der Waals surface area contributed by atoms with Gasteiger partial charge in [0.25, 0.3) is 5.91 Å². The number of likely N-dealkylation sites (N-methyl/N-ethyl adjacent to an activating group) is 1. The molecule has 0 radical (unpaired) electrons. The summed E-state index contributed by atoms with van der Waals surface area (Å²) in [6.45, 7) is 7.24. The summed E-state index contributed by atoms with van der Waals surface area (Å²) in [7, 11) is 2.03. The quantitative estimate of drug-likeness (QED) is 0.685. The zero-order valence-electron chi connectivity index (χ0n) is 14.0. The van der Waals surface area contributed by atoms with Gasteiger partial charge >= 0.3 is 0 Å². The normalized spacial score (nSPS) is 16.3. The highest BCUT2D eigenvalue weighted by Gasteiger charge is 2.22. The lowest BCUT2D eigenvalue weighted by atomic mass is 10.0. The molecule has 0 unspecified atom stereocenters. The molecule has 1 aromatic rings. The van der Waals surface area contributed by atoms with E-state index in [1.54, 1.807) is 4.90 Å². The van der Waals surface area contributed by atoms with Crippen molar-refractivity contribution in [2.45, 2.75) is 19.8 Å². The molecule has 5 heteroatoms. The number of para-hydroxylation sites is 1. The third-order valence-electron chi connectivity index (χ3n) is 4.10. The van der Waals surface area contributed by atoms with Crippen LogP contribution >= 0.6 is 0 Å². The minimum absolute atomic E-state index is 0.146. The molecule has 1 aliphatic heterocycles. The Bertz CT molecular complexity index is 622. The highest BCUT2D eigenvalue weighted by molar-refractivity contribution is 5.97. The van der Waals surface area contributed by atoms with Crippen molar-refractivity contribution in [3.05, 3.63) is 41.6 Å². The molecule has 1 N–H and O–H groups in total. The fourth-order valence-corrected chi connectivity index (χ4v) is 2.60. The van der Waals surface area contributed by atoms with Crippen molar-refractivity contribution >= 4 is 11.6 Å². The molecular formula is C18H24N4O. The largest absolute Gasteiger partial charge is 0.360 e. The average molecular weight is 312 g/mol. The van der Waals surface area contributed by atoms with Gasteiger partial charge in [0.15, 0.2) is 0 Å². The number of rotatable bonds is 4. The first-order valence-electron chi connectivity index (χ1n) is 7.96. The highest BCUT2D eigenvalue weighted by Crippen LogP contribution is 2.23. The second kappa shape index (κ2) is 7.80. The molecular weight excluding hydrogens is 288 g/mol. The van der Waals surface area contributed by atoms with Crippen molar-refractivity contribution in [1.29, 1.82) is 5.26 Å². The first kappa shape index (κ1) is 17.0. The Hall–Kier alpha value is -2.32. The molecule has 23 heavy (non-hydrogen) atoms. The fourth-order valence-electron chi connectivity index (χ4n) is 2.60. The van der Waals surface area contributed by atoms with E-state index in [2.05, 4.69) is 30.1 Å². The van der Waals surface area contributed by atoms with E-state index in [-0.39, 0.29) is 11.5 Å². The van der Waals surface area contributed by atoms with Gasteiger partial charge in [0.05, 0.1) is 0 Å². The van der Waals surface area contributed by atoms with Crippen LogP contribution in [0, 0.1) is 11.3 Å². The Morgan fingerprint density at radius 3 is 2.52 bits per heavy atom. The van der Waals surface area contributed by atoms with E-state index >= 15 is 0 Å². The number of hydrogen-bond donors (Lipinski definition) is 1. The number of carbonyl (C=O) groups excluding carboxylic acids is 1. The van der Waals surface area contributed by atoms with E-state index in [0.29, 0.717) is 19.0 Å². The van der Waals surface area contributed by atoms with Crippen LogP contribution in [0.3, 0.4) is 0 Å². The van der Waals surface area contributed by atoms with Crippen molar-refractivity contribution in [2.24, 2.45) is 0 Å². The third-order valence-corrected chi connectivity index (χ3v) is 4.10. The monoisotopic (exact) mass is 312 g/mol. The van der Waals surface area contributed by atoms with Gasteiger partial charge in [-0.15, -0.1) is 0 Å². The summed E-state index contributed by atoms with van der Waals surface area (Å²) in [6.07, 6.45) is 1.53. The summed E-state index contributed by atoms with van der Waals surface area (Å²) >= 11 is 0. The molecule has 1 aliphatic rings. The summed E-state index contributed by atoms with van der Waals surface area (Å²) in [6, 6.07) is 9.97. The molecule has 1 aromatic carbocycles. The van der Waals surface area contributed by atoms with Crippen molar-refractivity contribution < 1.29 is 4.79 Å². The Balaban J connectivity index is 2.11. The predicted octanol–water partition coefficient (Wildman–Crippen LogP) is 2.40.